The van der Waals surface area contributed by atoms with Gasteiger partial charge in [0, 0.05) is 5.56 Å². The molecule has 0 aliphatic carbocycles. The Labute approximate surface area is 207 Å². The first-order valence-corrected chi connectivity index (χ1v) is 12.5. The monoisotopic (exact) mass is 470 g/mol. The Bertz CT molecular complexity index is 1230. The van der Waals surface area contributed by atoms with Gasteiger partial charge in [0.15, 0.2) is 11.6 Å². The molecule has 0 aliphatic rings. The van der Waals surface area contributed by atoms with Crippen LogP contribution in [0.5, 0.6) is 5.75 Å². The molecule has 35 heavy (non-hydrogen) atoms. The van der Waals surface area contributed by atoms with E-state index in [1.165, 1.54) is 22.8 Å². The summed E-state index contributed by atoms with van der Waals surface area (Å²) in [6.45, 7) is 4.67. The van der Waals surface area contributed by atoms with Crippen LogP contribution in [-0.4, -0.2) is 6.61 Å². The third kappa shape index (κ3) is 5.97. The first-order chi connectivity index (χ1) is 17.1. The lowest BCUT2D eigenvalue weighted by molar-refractivity contribution is 0.286. The molecule has 0 saturated carbocycles. The van der Waals surface area contributed by atoms with Crippen molar-refractivity contribution in [1.82, 2.24) is 0 Å². The van der Waals surface area contributed by atoms with Crippen molar-refractivity contribution < 1.29 is 13.5 Å². The van der Waals surface area contributed by atoms with Crippen LogP contribution in [0.25, 0.3) is 33.4 Å². The maximum absolute atomic E-state index is 14.8. The smallest absolute Gasteiger partial charge is 0.201 e. The molecule has 0 spiro atoms. The fourth-order valence-corrected chi connectivity index (χ4v) is 4.25. The summed E-state index contributed by atoms with van der Waals surface area (Å²) in [6, 6.07) is 27.8. The molecule has 0 atom stereocenters. The molecule has 0 aromatic heterocycles. The Morgan fingerprint density at radius 2 is 1.06 bits per heavy atom. The van der Waals surface area contributed by atoms with Gasteiger partial charge in [-0.2, -0.15) is 4.39 Å². The maximum Gasteiger partial charge on any atom is 0.201 e. The van der Waals surface area contributed by atoms with Crippen molar-refractivity contribution in [2.75, 3.05) is 6.61 Å². The fraction of sp³-hybridized carbons (Fsp3) is 0.250. The molecule has 0 saturated heterocycles. The molecule has 0 radical (unpaired) electrons. The first-order valence-electron chi connectivity index (χ1n) is 12.5. The summed E-state index contributed by atoms with van der Waals surface area (Å²) >= 11 is 0. The minimum Gasteiger partial charge on any atom is -0.490 e. The summed E-state index contributed by atoms with van der Waals surface area (Å²) in [5, 5.41) is 0. The molecular weight excluding hydrogens is 438 g/mol. The van der Waals surface area contributed by atoms with Gasteiger partial charge in [-0.3, -0.25) is 0 Å². The highest BCUT2D eigenvalue weighted by Gasteiger charge is 2.16. The predicted octanol–water partition coefficient (Wildman–Crippen LogP) is 9.49. The number of aryl methyl sites for hydroxylation is 1. The summed E-state index contributed by atoms with van der Waals surface area (Å²) in [4.78, 5) is 0. The average Bonchev–Trinajstić information content (AvgIpc) is 2.90. The number of unbranched alkanes of at least 4 members (excludes halogenated alkanes) is 2. The van der Waals surface area contributed by atoms with Gasteiger partial charge in [0.1, 0.15) is 0 Å². The van der Waals surface area contributed by atoms with Crippen molar-refractivity contribution in [1.29, 1.82) is 0 Å². The van der Waals surface area contributed by atoms with Gasteiger partial charge in [-0.1, -0.05) is 106 Å². The maximum atomic E-state index is 14.8. The number of benzene rings is 4. The SMILES string of the molecule is CCCCCOc1ccc(-c2ccc(-c3ccc(-c4ccc(CCC)cc4)cc3)cc2)c(F)c1F. The lowest BCUT2D eigenvalue weighted by Gasteiger charge is -2.11. The molecule has 180 valence electrons. The van der Waals surface area contributed by atoms with E-state index in [0.717, 1.165) is 43.2 Å². The third-order valence-corrected chi connectivity index (χ3v) is 6.29. The molecule has 1 nitrogen and oxygen atoms in total. The number of rotatable bonds is 10. The van der Waals surface area contributed by atoms with Crippen LogP contribution in [0.3, 0.4) is 0 Å². The zero-order valence-electron chi connectivity index (χ0n) is 20.5. The molecule has 0 bridgehead atoms. The van der Waals surface area contributed by atoms with Gasteiger partial charge in [-0.15, -0.1) is 0 Å². The standard InChI is InChI=1S/C32H32F2O/c1-3-5-6-22-35-30-21-20-29(31(33)32(30)34)28-18-16-27(17-19-28)26-14-12-25(13-15-26)24-10-8-23(7-4-2)9-11-24/h8-21H,3-7,22H2,1-2H3. The van der Waals surface area contributed by atoms with Crippen molar-refractivity contribution in [2.45, 2.75) is 46.0 Å². The van der Waals surface area contributed by atoms with Crippen molar-refractivity contribution in [2.24, 2.45) is 0 Å². The summed E-state index contributed by atoms with van der Waals surface area (Å²) in [5.41, 5.74) is 6.69. The highest BCUT2D eigenvalue weighted by molar-refractivity contribution is 5.73. The van der Waals surface area contributed by atoms with E-state index >= 15 is 0 Å². The topological polar surface area (TPSA) is 9.23 Å². The lowest BCUT2D eigenvalue weighted by Crippen LogP contribution is -2.01. The highest BCUT2D eigenvalue weighted by Crippen LogP contribution is 2.32. The summed E-state index contributed by atoms with van der Waals surface area (Å²) in [7, 11) is 0. The lowest BCUT2D eigenvalue weighted by atomic mass is 9.97. The summed E-state index contributed by atoms with van der Waals surface area (Å²) in [5.74, 6) is -1.83. The molecule has 4 aromatic carbocycles. The second-order valence-corrected chi connectivity index (χ2v) is 8.90. The molecule has 4 aromatic rings. The van der Waals surface area contributed by atoms with Crippen LogP contribution in [0.2, 0.25) is 0 Å². The van der Waals surface area contributed by atoms with E-state index in [0.29, 0.717) is 12.2 Å². The largest absolute Gasteiger partial charge is 0.490 e. The molecule has 0 unspecified atom stereocenters. The van der Waals surface area contributed by atoms with E-state index in [1.54, 1.807) is 6.07 Å². The van der Waals surface area contributed by atoms with Crippen molar-refractivity contribution >= 4 is 0 Å². The van der Waals surface area contributed by atoms with E-state index in [1.807, 2.05) is 24.3 Å². The molecule has 4 rings (SSSR count). The van der Waals surface area contributed by atoms with E-state index in [4.69, 9.17) is 4.74 Å². The van der Waals surface area contributed by atoms with E-state index < -0.39 is 11.6 Å². The number of hydrogen-bond donors (Lipinski definition) is 0. The normalized spacial score (nSPS) is 11.0. The minimum absolute atomic E-state index is 0.0286. The van der Waals surface area contributed by atoms with Gasteiger partial charge in [0.05, 0.1) is 6.61 Å². The van der Waals surface area contributed by atoms with Crippen molar-refractivity contribution in [3.05, 3.63) is 102 Å². The number of halogens is 2. The van der Waals surface area contributed by atoms with Gasteiger partial charge in [0.25, 0.3) is 0 Å². The molecule has 0 N–H and O–H groups in total. The van der Waals surface area contributed by atoms with Crippen LogP contribution in [0.1, 0.15) is 45.1 Å². The predicted molar refractivity (Wildman–Crippen MR) is 142 cm³/mol. The van der Waals surface area contributed by atoms with E-state index in [-0.39, 0.29) is 11.3 Å². The molecule has 0 aliphatic heterocycles. The Morgan fingerprint density at radius 1 is 0.543 bits per heavy atom. The fourth-order valence-electron chi connectivity index (χ4n) is 4.25. The second kappa shape index (κ2) is 11.8. The summed E-state index contributed by atoms with van der Waals surface area (Å²) < 4.78 is 34.7. The van der Waals surface area contributed by atoms with Crippen LogP contribution in [0.4, 0.5) is 8.78 Å². The average molecular weight is 471 g/mol. The van der Waals surface area contributed by atoms with Gasteiger partial charge in [-0.25, -0.2) is 4.39 Å². The van der Waals surface area contributed by atoms with Crippen LogP contribution >= 0.6 is 0 Å². The van der Waals surface area contributed by atoms with Gasteiger partial charge in [-0.05, 0) is 58.4 Å². The van der Waals surface area contributed by atoms with Crippen LogP contribution in [0, 0.1) is 11.6 Å². The highest BCUT2D eigenvalue weighted by atomic mass is 19.2. The zero-order chi connectivity index (χ0) is 24.6. The van der Waals surface area contributed by atoms with E-state index in [9.17, 15) is 8.78 Å². The van der Waals surface area contributed by atoms with Crippen molar-refractivity contribution in [3.63, 3.8) is 0 Å². The van der Waals surface area contributed by atoms with E-state index in [2.05, 4.69) is 62.4 Å². The molecule has 0 fully saturated rings. The molecule has 0 heterocycles. The first kappa shape index (κ1) is 24.7. The van der Waals surface area contributed by atoms with Gasteiger partial charge < -0.3 is 4.74 Å². The van der Waals surface area contributed by atoms with Crippen LogP contribution in [0.15, 0.2) is 84.9 Å². The van der Waals surface area contributed by atoms with Gasteiger partial charge in [0.2, 0.25) is 5.82 Å². The van der Waals surface area contributed by atoms with Crippen LogP contribution < -0.4 is 4.74 Å². The Hall–Kier alpha value is -3.46. The quantitative estimate of drug-likeness (QED) is 0.210. The van der Waals surface area contributed by atoms with Gasteiger partial charge >= 0.3 is 0 Å². The number of ether oxygens (including phenoxy) is 1. The Kier molecular flexibility index (Phi) is 8.31. The zero-order valence-corrected chi connectivity index (χ0v) is 20.5. The second-order valence-electron chi connectivity index (χ2n) is 8.90. The summed E-state index contributed by atoms with van der Waals surface area (Å²) in [6.07, 6.45) is 5.12. The number of hydrogen-bond acceptors (Lipinski definition) is 1. The molecule has 3 heteroatoms. The molecular formula is C32H32F2O. The van der Waals surface area contributed by atoms with Crippen LogP contribution in [-0.2, 0) is 6.42 Å². The molecule has 0 amide bonds. The Morgan fingerprint density at radius 3 is 1.57 bits per heavy atom. The van der Waals surface area contributed by atoms with Crippen molar-refractivity contribution in [3.8, 4) is 39.1 Å². The Balaban J connectivity index is 1.47. The minimum atomic E-state index is -0.929. The third-order valence-electron chi connectivity index (χ3n) is 6.29.